The van der Waals surface area contributed by atoms with Crippen molar-refractivity contribution in [2.24, 2.45) is 0 Å². The number of hydrogen-bond acceptors (Lipinski definition) is 7. The summed E-state index contributed by atoms with van der Waals surface area (Å²) in [5, 5.41) is -0.575. The van der Waals surface area contributed by atoms with Gasteiger partial charge in [0.2, 0.25) is 20.9 Å². The predicted molar refractivity (Wildman–Crippen MR) is 85.9 cm³/mol. The summed E-state index contributed by atoms with van der Waals surface area (Å²) in [5.74, 6) is -0.406. The maximum absolute atomic E-state index is 14.5. The fraction of sp³-hybridized carbons (Fsp3) is 0.500. The summed E-state index contributed by atoms with van der Waals surface area (Å²) in [7, 11) is -3.72. The topological polar surface area (TPSA) is 85.3 Å². The lowest BCUT2D eigenvalue weighted by molar-refractivity contribution is 0.188. The number of halogens is 2. The molecule has 128 valence electrons. The van der Waals surface area contributed by atoms with Crippen molar-refractivity contribution in [3.8, 4) is 5.88 Å². The van der Waals surface area contributed by atoms with Crippen LogP contribution >= 0.6 is 11.6 Å². The third kappa shape index (κ3) is 2.21. The molecule has 0 spiro atoms. The van der Waals surface area contributed by atoms with Crippen LogP contribution < -0.4 is 9.64 Å². The summed E-state index contributed by atoms with van der Waals surface area (Å²) in [6, 6.07) is 0.00606. The van der Waals surface area contributed by atoms with Crippen LogP contribution in [0.4, 0.5) is 10.2 Å². The molecule has 2 aromatic heterocycles. The number of fused-ring (bicyclic) bond motifs is 2. The average Bonchev–Trinajstić information content (AvgIpc) is 2.96. The van der Waals surface area contributed by atoms with Gasteiger partial charge in [0.05, 0.1) is 6.04 Å². The van der Waals surface area contributed by atoms with Gasteiger partial charge in [0.1, 0.15) is 22.8 Å². The Labute approximate surface area is 142 Å². The lowest BCUT2D eigenvalue weighted by Crippen LogP contribution is -2.39. The minimum Gasteiger partial charge on any atom is -0.472 e. The fourth-order valence-corrected chi connectivity index (χ4v) is 4.01. The quantitative estimate of drug-likeness (QED) is 0.558. The molecule has 0 radical (unpaired) electrons. The summed E-state index contributed by atoms with van der Waals surface area (Å²) in [4.78, 5) is 14.0. The summed E-state index contributed by atoms with van der Waals surface area (Å²) >= 11 is 5.85. The van der Waals surface area contributed by atoms with Crippen LogP contribution in [-0.4, -0.2) is 48.3 Å². The smallest absolute Gasteiger partial charge is 0.249 e. The van der Waals surface area contributed by atoms with Crippen molar-refractivity contribution in [3.63, 3.8) is 0 Å². The second-order valence-electron chi connectivity index (χ2n) is 6.07. The largest absolute Gasteiger partial charge is 0.472 e. The first-order valence-corrected chi connectivity index (χ1v) is 9.74. The van der Waals surface area contributed by atoms with E-state index < -0.39 is 26.0 Å². The van der Waals surface area contributed by atoms with E-state index in [0.717, 1.165) is 19.1 Å². The molecule has 0 amide bonds. The molecule has 0 N–H and O–H groups in total. The van der Waals surface area contributed by atoms with E-state index in [2.05, 4.69) is 15.0 Å². The van der Waals surface area contributed by atoms with Gasteiger partial charge in [0, 0.05) is 12.8 Å². The molecule has 10 heteroatoms. The SMILES string of the molecule is C[C@@H]1Oc2nc(Cl)c(F)c3nc(S(C)(=O)=O)nc(c23)N2CCC[C@@H]12. The van der Waals surface area contributed by atoms with Crippen LogP contribution in [-0.2, 0) is 9.84 Å². The molecule has 2 aromatic rings. The van der Waals surface area contributed by atoms with Gasteiger partial charge in [-0.3, -0.25) is 0 Å². The number of sulfone groups is 1. The van der Waals surface area contributed by atoms with Gasteiger partial charge >= 0.3 is 0 Å². The molecule has 2 atom stereocenters. The molecule has 0 aliphatic carbocycles. The summed E-state index contributed by atoms with van der Waals surface area (Å²) in [5.41, 5.74) is -0.185. The van der Waals surface area contributed by atoms with Crippen LogP contribution in [0.2, 0.25) is 5.15 Å². The molecule has 0 saturated carbocycles. The molecule has 24 heavy (non-hydrogen) atoms. The van der Waals surface area contributed by atoms with Crippen molar-refractivity contribution in [2.75, 3.05) is 17.7 Å². The van der Waals surface area contributed by atoms with Crippen molar-refractivity contribution in [3.05, 3.63) is 11.0 Å². The van der Waals surface area contributed by atoms with Gasteiger partial charge in [-0.1, -0.05) is 11.6 Å². The van der Waals surface area contributed by atoms with Gasteiger partial charge in [-0.15, -0.1) is 0 Å². The van der Waals surface area contributed by atoms with E-state index in [4.69, 9.17) is 16.3 Å². The van der Waals surface area contributed by atoms with E-state index in [-0.39, 0.29) is 28.9 Å². The maximum atomic E-state index is 14.5. The first kappa shape index (κ1) is 15.8. The zero-order chi connectivity index (χ0) is 17.2. The first-order chi connectivity index (χ1) is 11.3. The van der Waals surface area contributed by atoms with Crippen molar-refractivity contribution in [2.45, 2.75) is 37.1 Å². The van der Waals surface area contributed by atoms with Crippen molar-refractivity contribution in [1.82, 2.24) is 15.0 Å². The van der Waals surface area contributed by atoms with Crippen molar-refractivity contribution < 1.29 is 17.5 Å². The Morgan fingerprint density at radius 3 is 2.79 bits per heavy atom. The lowest BCUT2D eigenvalue weighted by atomic mass is 10.1. The molecule has 0 bridgehead atoms. The second-order valence-corrected chi connectivity index (χ2v) is 8.34. The normalized spacial score (nSPS) is 23.1. The number of rotatable bonds is 1. The molecule has 1 fully saturated rings. The highest BCUT2D eigenvalue weighted by Crippen LogP contribution is 2.42. The summed E-state index contributed by atoms with van der Waals surface area (Å²) in [6.07, 6.45) is 2.54. The molecule has 4 heterocycles. The molecular formula is C14H14ClFN4O3S. The van der Waals surface area contributed by atoms with Crippen LogP contribution in [0.1, 0.15) is 19.8 Å². The van der Waals surface area contributed by atoms with Crippen LogP contribution in [0.3, 0.4) is 0 Å². The maximum Gasteiger partial charge on any atom is 0.249 e. The Morgan fingerprint density at radius 2 is 2.08 bits per heavy atom. The molecular weight excluding hydrogens is 359 g/mol. The predicted octanol–water partition coefficient (Wildman–Crippen LogP) is 1.97. The Morgan fingerprint density at radius 1 is 1.33 bits per heavy atom. The number of pyridine rings is 1. The zero-order valence-corrected chi connectivity index (χ0v) is 14.5. The zero-order valence-electron chi connectivity index (χ0n) is 13.0. The van der Waals surface area contributed by atoms with Crippen LogP contribution in [0.5, 0.6) is 5.88 Å². The van der Waals surface area contributed by atoms with Gasteiger partial charge in [-0.25, -0.2) is 22.8 Å². The summed E-state index contributed by atoms with van der Waals surface area (Å²) in [6.45, 7) is 2.57. The van der Waals surface area contributed by atoms with Gasteiger partial charge in [-0.05, 0) is 19.8 Å². The molecule has 4 rings (SSSR count). The fourth-order valence-electron chi connectivity index (χ4n) is 3.33. The van der Waals surface area contributed by atoms with Gasteiger partial charge < -0.3 is 9.64 Å². The minimum atomic E-state index is -3.72. The molecule has 2 aliphatic rings. The Hall–Kier alpha value is -1.74. The summed E-state index contributed by atoms with van der Waals surface area (Å²) < 4.78 is 44.3. The van der Waals surface area contributed by atoms with Crippen LogP contribution in [0.25, 0.3) is 10.9 Å². The van der Waals surface area contributed by atoms with E-state index >= 15 is 0 Å². The van der Waals surface area contributed by atoms with E-state index in [1.807, 2.05) is 11.8 Å². The highest BCUT2D eigenvalue weighted by molar-refractivity contribution is 7.90. The number of hydrogen-bond donors (Lipinski definition) is 0. The van der Waals surface area contributed by atoms with Crippen molar-refractivity contribution in [1.29, 1.82) is 0 Å². The number of anilines is 1. The van der Waals surface area contributed by atoms with E-state index in [1.165, 1.54) is 0 Å². The minimum absolute atomic E-state index is 0.00606. The van der Waals surface area contributed by atoms with Crippen LogP contribution in [0, 0.1) is 5.82 Å². The second kappa shape index (κ2) is 5.13. The van der Waals surface area contributed by atoms with Crippen molar-refractivity contribution >= 4 is 38.2 Å². The number of ether oxygens (including phenoxy) is 1. The average molecular weight is 373 g/mol. The van der Waals surface area contributed by atoms with Gasteiger partial charge in [0.25, 0.3) is 0 Å². The molecule has 7 nitrogen and oxygen atoms in total. The Balaban J connectivity index is 2.14. The standard InChI is InChI=1S/C14H14ClFN4O3S/c1-6-7-4-3-5-20(7)12-8-10(17-14(19-12)24(2,21)22)9(16)11(15)18-13(8)23-6/h6-7H,3-5H2,1-2H3/t6-,7-/m0/s1. The number of nitrogens with zero attached hydrogens (tertiary/aromatic N) is 4. The van der Waals surface area contributed by atoms with E-state index in [9.17, 15) is 12.8 Å². The Bertz CT molecular complexity index is 968. The lowest BCUT2D eigenvalue weighted by Gasteiger charge is -2.27. The van der Waals surface area contributed by atoms with Gasteiger partial charge in [-0.2, -0.15) is 4.98 Å². The monoisotopic (exact) mass is 372 g/mol. The van der Waals surface area contributed by atoms with Gasteiger partial charge in [0.15, 0.2) is 11.0 Å². The molecule has 2 aliphatic heterocycles. The number of aromatic nitrogens is 3. The highest BCUT2D eigenvalue weighted by Gasteiger charge is 2.38. The van der Waals surface area contributed by atoms with Crippen LogP contribution in [0.15, 0.2) is 5.16 Å². The molecule has 0 unspecified atom stereocenters. The third-order valence-electron chi connectivity index (χ3n) is 4.41. The Kier molecular flexibility index (Phi) is 3.37. The third-order valence-corrected chi connectivity index (χ3v) is 5.51. The van der Waals surface area contributed by atoms with E-state index in [1.54, 1.807) is 0 Å². The first-order valence-electron chi connectivity index (χ1n) is 7.47. The molecule has 1 saturated heterocycles. The highest BCUT2D eigenvalue weighted by atomic mass is 35.5. The van der Waals surface area contributed by atoms with E-state index in [0.29, 0.717) is 12.4 Å². The molecule has 0 aromatic carbocycles.